The molecule has 2 nitrogen and oxygen atoms in total. The molecule has 0 N–H and O–H groups in total. The van der Waals surface area contributed by atoms with Crippen LogP contribution in [-0.2, 0) is 9.09 Å². The molecule has 4 heteroatoms. The second-order valence-electron chi connectivity index (χ2n) is 0.257. The molecule has 5 heavy (non-hydrogen) atoms. The average molecular weight is 102 g/mol. The van der Waals surface area contributed by atoms with E-state index >= 15 is 0 Å². The average Bonchev–Trinajstić information content (AvgIpc) is 1.37. The summed E-state index contributed by atoms with van der Waals surface area (Å²) in [4.78, 5) is 0. The molecule has 0 aromatic heterocycles. The summed E-state index contributed by atoms with van der Waals surface area (Å²) in [5, 5.41) is 0. The van der Waals surface area contributed by atoms with Crippen LogP contribution in [0.2, 0.25) is 0 Å². The zero-order valence-corrected chi connectivity index (χ0v) is 6.16. The van der Waals surface area contributed by atoms with Gasteiger partial charge in [-0.15, -0.1) is 0 Å². The Hall–Kier alpha value is 1.06. The topological polar surface area (TPSA) is 26.3 Å². The van der Waals surface area contributed by atoms with Crippen molar-refractivity contribution in [1.82, 2.24) is 0 Å². The van der Waals surface area contributed by atoms with Crippen LogP contribution < -0.4 is 29.6 Å². The van der Waals surface area contributed by atoms with Gasteiger partial charge in [0.1, 0.15) is 0 Å². The molecular weight excluding hydrogens is 98.0 g/mol. The van der Waals surface area contributed by atoms with E-state index < -0.39 is 0 Å². The first-order valence-electron chi connectivity index (χ1n) is 0.773. The van der Waals surface area contributed by atoms with Crippen LogP contribution in [0.3, 0.4) is 0 Å². The van der Waals surface area contributed by atoms with Crippen LogP contribution in [-0.4, -0.2) is 7.11 Å². The Morgan fingerprint density at radius 3 is 2.20 bits per heavy atom. The minimum absolute atomic E-state index is 0. The van der Waals surface area contributed by atoms with Gasteiger partial charge in [0.05, 0.1) is 0 Å². The smallest absolute Gasteiger partial charge is 1.00 e. The zero-order valence-electron chi connectivity index (χ0n) is 4.26. The van der Waals surface area contributed by atoms with Gasteiger partial charge >= 0.3 is 38.2 Å². The largest absolute Gasteiger partial charge is 1.00 e. The van der Waals surface area contributed by atoms with E-state index in [1.165, 1.54) is 7.11 Å². The number of hydrogen-bond donors (Lipinski definition) is 0. The van der Waals surface area contributed by atoms with Crippen molar-refractivity contribution in [2.75, 3.05) is 7.11 Å². The van der Waals surface area contributed by atoms with Gasteiger partial charge in [0.15, 0.2) is 0 Å². The Morgan fingerprint density at radius 1 is 2.00 bits per heavy atom. The maximum atomic E-state index is 9.05. The summed E-state index contributed by atoms with van der Waals surface area (Å²) in [7, 11) is 1.10. The van der Waals surface area contributed by atoms with Crippen LogP contribution >= 0.6 is 8.69 Å². The third kappa shape index (κ3) is 11.2. The first-order chi connectivity index (χ1) is 1.91. The summed E-state index contributed by atoms with van der Waals surface area (Å²) >= 11 is 0. The maximum absolute atomic E-state index is 9.05. The fourth-order valence-corrected chi connectivity index (χ4v) is 0. The van der Waals surface area contributed by atoms with Gasteiger partial charge in [-0.05, 0) is 0 Å². The van der Waals surface area contributed by atoms with Crippen molar-refractivity contribution in [3.63, 3.8) is 0 Å². The van der Waals surface area contributed by atoms with E-state index in [1.807, 2.05) is 0 Å². The van der Waals surface area contributed by atoms with Crippen molar-refractivity contribution in [2.24, 2.45) is 0 Å². The van der Waals surface area contributed by atoms with E-state index in [-0.39, 0.29) is 39.7 Å². The molecule has 0 fully saturated rings. The summed E-state index contributed by atoms with van der Waals surface area (Å²) in [6, 6.07) is 0. The second-order valence-corrected chi connectivity index (χ2v) is 0.771. The van der Waals surface area contributed by atoms with E-state index in [4.69, 9.17) is 4.57 Å². The number of hydrogen-bond acceptors (Lipinski definition) is 2. The summed E-state index contributed by atoms with van der Waals surface area (Å²) < 4.78 is 13.0. The monoisotopic (exact) mass is 102 g/mol. The van der Waals surface area contributed by atoms with Gasteiger partial charge in [0, 0.05) is 7.11 Å². The van der Waals surface area contributed by atoms with Crippen LogP contribution in [0.25, 0.3) is 0 Å². The van der Waals surface area contributed by atoms with Gasteiger partial charge in [-0.25, -0.2) is 4.57 Å². The SMILES string of the molecule is COP=O.[H-].[Na+]. The third-order valence-corrected chi connectivity index (χ3v) is 0.224. The van der Waals surface area contributed by atoms with Crippen molar-refractivity contribution in [1.29, 1.82) is 0 Å². The number of rotatable bonds is 1. The van der Waals surface area contributed by atoms with Gasteiger partial charge in [-0.1, -0.05) is 0 Å². The Kier molecular flexibility index (Phi) is 16.8. The summed E-state index contributed by atoms with van der Waals surface area (Å²) in [6.07, 6.45) is 0. The van der Waals surface area contributed by atoms with Gasteiger partial charge in [-0.3, -0.25) is 4.52 Å². The Morgan fingerprint density at radius 2 is 2.20 bits per heavy atom. The maximum Gasteiger partial charge on any atom is 1.00 e. The fourth-order valence-electron chi connectivity index (χ4n) is 0. The fraction of sp³-hybridized carbons (Fsp3) is 1.00. The van der Waals surface area contributed by atoms with Gasteiger partial charge < -0.3 is 1.43 Å². The van der Waals surface area contributed by atoms with E-state index in [1.54, 1.807) is 0 Å². The molecule has 0 spiro atoms. The molecule has 0 saturated carbocycles. The summed E-state index contributed by atoms with van der Waals surface area (Å²) in [5.74, 6) is 0. The molecule has 0 unspecified atom stereocenters. The molecule has 0 aromatic carbocycles. The molecular formula is CH4NaO2P. The third-order valence-electron chi connectivity index (χ3n) is 0.0745. The van der Waals surface area contributed by atoms with Gasteiger partial charge in [-0.2, -0.15) is 0 Å². The molecule has 0 saturated heterocycles. The zero-order chi connectivity index (χ0) is 3.41. The van der Waals surface area contributed by atoms with Crippen LogP contribution in [0.4, 0.5) is 0 Å². The predicted molar refractivity (Wildman–Crippen MR) is 15.7 cm³/mol. The standard InChI is InChI=1S/CH3O2P.Na.H/c1-3-4-2;;/h1H3;;/q;+1;-1. The summed E-state index contributed by atoms with van der Waals surface area (Å²) in [5.41, 5.74) is 0. The molecule has 0 atom stereocenters. The normalized spacial score (nSPS) is 6.60. The molecule has 0 aliphatic carbocycles. The quantitative estimate of drug-likeness (QED) is 0.281. The van der Waals surface area contributed by atoms with E-state index in [0.717, 1.165) is 0 Å². The van der Waals surface area contributed by atoms with Crippen LogP contribution in [0.1, 0.15) is 1.43 Å². The molecule has 0 aliphatic rings. The van der Waals surface area contributed by atoms with Gasteiger partial charge in [0.25, 0.3) is 0 Å². The minimum atomic E-state index is -0.252. The Labute approximate surface area is 56.0 Å². The van der Waals surface area contributed by atoms with Crippen LogP contribution in [0, 0.1) is 0 Å². The molecule has 0 rings (SSSR count). The Bertz CT molecular complexity index is 27.5. The predicted octanol–water partition coefficient (Wildman–Crippen LogP) is -2.04. The van der Waals surface area contributed by atoms with E-state index in [0.29, 0.717) is 0 Å². The van der Waals surface area contributed by atoms with E-state index in [2.05, 4.69) is 4.52 Å². The van der Waals surface area contributed by atoms with E-state index in [9.17, 15) is 0 Å². The molecule has 0 amide bonds. The van der Waals surface area contributed by atoms with Gasteiger partial charge in [0.2, 0.25) is 0 Å². The van der Waals surface area contributed by atoms with Crippen LogP contribution in [0.5, 0.6) is 0 Å². The molecule has 0 bridgehead atoms. The Balaban J connectivity index is -0.0000000450. The molecule has 0 radical (unpaired) electrons. The molecule has 0 heterocycles. The molecule has 0 aromatic rings. The van der Waals surface area contributed by atoms with Crippen molar-refractivity contribution in [3.05, 3.63) is 0 Å². The molecule has 26 valence electrons. The van der Waals surface area contributed by atoms with Crippen LogP contribution in [0.15, 0.2) is 0 Å². The summed E-state index contributed by atoms with van der Waals surface area (Å²) in [6.45, 7) is 0. The van der Waals surface area contributed by atoms with Crippen molar-refractivity contribution in [2.45, 2.75) is 0 Å². The first-order valence-corrected chi connectivity index (χ1v) is 1.50. The first kappa shape index (κ1) is 9.41. The minimum Gasteiger partial charge on any atom is -1.00 e. The molecule has 0 aliphatic heterocycles. The van der Waals surface area contributed by atoms with Crippen molar-refractivity contribution in [3.8, 4) is 0 Å². The van der Waals surface area contributed by atoms with Crippen molar-refractivity contribution < 1.29 is 40.1 Å². The second kappa shape index (κ2) is 8.91. The van der Waals surface area contributed by atoms with Crippen molar-refractivity contribution >= 4 is 8.69 Å².